The van der Waals surface area contributed by atoms with Crippen LogP contribution >= 0.6 is 22.3 Å². The molecule has 8 heteroatoms. The Kier molecular flexibility index (Phi) is 5.29. The highest BCUT2D eigenvalue weighted by Crippen LogP contribution is 2.27. The lowest BCUT2D eigenvalue weighted by Crippen LogP contribution is -2.34. The fraction of sp³-hybridized carbons (Fsp3) is 0.462. The Labute approximate surface area is 133 Å². The van der Waals surface area contributed by atoms with E-state index in [1.54, 1.807) is 7.05 Å². The SMILES string of the molecule is CN(CC(C)(C)C)C(=O)c1cc(S(=O)(=O)Cl)c(F)cc1Cl. The van der Waals surface area contributed by atoms with Crippen molar-refractivity contribution in [2.75, 3.05) is 13.6 Å². The molecule has 0 aromatic heterocycles. The quantitative estimate of drug-likeness (QED) is 0.779. The summed E-state index contributed by atoms with van der Waals surface area (Å²) in [7, 11) is 2.40. The molecule has 0 atom stereocenters. The topological polar surface area (TPSA) is 54.5 Å². The smallest absolute Gasteiger partial charge is 0.264 e. The minimum absolute atomic E-state index is 0.107. The summed E-state index contributed by atoms with van der Waals surface area (Å²) in [6.45, 7) is 6.25. The number of carbonyl (C=O) groups is 1. The van der Waals surface area contributed by atoms with Gasteiger partial charge in [-0.1, -0.05) is 32.4 Å². The third kappa shape index (κ3) is 4.83. The van der Waals surface area contributed by atoms with Gasteiger partial charge in [-0.15, -0.1) is 0 Å². The summed E-state index contributed by atoms with van der Waals surface area (Å²) in [6, 6.07) is 1.64. The molecule has 21 heavy (non-hydrogen) atoms. The normalized spacial score (nSPS) is 12.3. The maximum Gasteiger partial charge on any atom is 0.264 e. The first-order chi connectivity index (χ1) is 9.33. The van der Waals surface area contributed by atoms with E-state index >= 15 is 0 Å². The number of carbonyl (C=O) groups excluding carboxylic acids is 1. The Morgan fingerprint density at radius 1 is 1.33 bits per heavy atom. The van der Waals surface area contributed by atoms with Gasteiger partial charge >= 0.3 is 0 Å². The molecule has 0 fully saturated rings. The lowest BCUT2D eigenvalue weighted by Gasteiger charge is -2.27. The Bertz CT molecular complexity index is 669. The van der Waals surface area contributed by atoms with E-state index in [4.69, 9.17) is 22.3 Å². The summed E-state index contributed by atoms with van der Waals surface area (Å²) in [5.74, 6) is -1.60. The maximum absolute atomic E-state index is 13.6. The van der Waals surface area contributed by atoms with E-state index in [2.05, 4.69) is 0 Å². The molecule has 0 bridgehead atoms. The van der Waals surface area contributed by atoms with Crippen molar-refractivity contribution in [2.45, 2.75) is 25.7 Å². The van der Waals surface area contributed by atoms with Crippen molar-refractivity contribution >= 4 is 37.2 Å². The van der Waals surface area contributed by atoms with Gasteiger partial charge < -0.3 is 4.90 Å². The monoisotopic (exact) mass is 355 g/mol. The predicted octanol–water partition coefficient (Wildman–Crippen LogP) is 3.52. The van der Waals surface area contributed by atoms with Crippen LogP contribution in [0.4, 0.5) is 4.39 Å². The van der Waals surface area contributed by atoms with Crippen LogP contribution in [0.2, 0.25) is 5.02 Å². The van der Waals surface area contributed by atoms with Crippen molar-refractivity contribution < 1.29 is 17.6 Å². The van der Waals surface area contributed by atoms with Gasteiger partial charge in [0.15, 0.2) is 0 Å². The molecule has 0 spiro atoms. The second kappa shape index (κ2) is 6.10. The van der Waals surface area contributed by atoms with Crippen LogP contribution in [0.3, 0.4) is 0 Å². The predicted molar refractivity (Wildman–Crippen MR) is 80.9 cm³/mol. The van der Waals surface area contributed by atoms with Gasteiger partial charge in [0.2, 0.25) is 0 Å². The molecule has 0 aliphatic rings. The zero-order valence-electron chi connectivity index (χ0n) is 12.1. The van der Waals surface area contributed by atoms with E-state index in [1.807, 2.05) is 20.8 Å². The van der Waals surface area contributed by atoms with Crippen molar-refractivity contribution in [2.24, 2.45) is 5.41 Å². The molecule has 0 aliphatic carbocycles. The largest absolute Gasteiger partial charge is 0.341 e. The molecular weight excluding hydrogens is 340 g/mol. The van der Waals surface area contributed by atoms with Gasteiger partial charge in [0.05, 0.1) is 10.6 Å². The van der Waals surface area contributed by atoms with Crippen LogP contribution in [0.5, 0.6) is 0 Å². The van der Waals surface area contributed by atoms with Crippen molar-refractivity contribution in [3.8, 4) is 0 Å². The molecule has 0 unspecified atom stereocenters. The first-order valence-electron chi connectivity index (χ1n) is 6.02. The fourth-order valence-electron chi connectivity index (χ4n) is 1.87. The fourth-order valence-corrected chi connectivity index (χ4v) is 3.01. The zero-order chi connectivity index (χ0) is 16.6. The number of amides is 1. The van der Waals surface area contributed by atoms with Crippen LogP contribution in [0.1, 0.15) is 31.1 Å². The number of benzene rings is 1. The van der Waals surface area contributed by atoms with Gasteiger partial charge in [-0.25, -0.2) is 12.8 Å². The number of halogens is 3. The van der Waals surface area contributed by atoms with Crippen LogP contribution < -0.4 is 0 Å². The lowest BCUT2D eigenvalue weighted by atomic mass is 9.96. The molecule has 0 aliphatic heterocycles. The Morgan fingerprint density at radius 2 is 1.86 bits per heavy atom. The molecule has 0 radical (unpaired) electrons. The molecule has 1 amide bonds. The van der Waals surface area contributed by atoms with E-state index in [-0.39, 0.29) is 16.0 Å². The number of rotatable bonds is 3. The number of nitrogens with zero attached hydrogens (tertiary/aromatic N) is 1. The van der Waals surface area contributed by atoms with Crippen molar-refractivity contribution in [1.29, 1.82) is 0 Å². The van der Waals surface area contributed by atoms with E-state index in [0.29, 0.717) is 6.54 Å². The van der Waals surface area contributed by atoms with Crippen molar-refractivity contribution in [1.82, 2.24) is 4.90 Å². The molecule has 0 saturated heterocycles. The minimum Gasteiger partial charge on any atom is -0.341 e. The summed E-state index contributed by atoms with van der Waals surface area (Å²) >= 11 is 5.84. The zero-order valence-corrected chi connectivity index (χ0v) is 14.4. The van der Waals surface area contributed by atoms with Gasteiger partial charge in [-0.05, 0) is 17.5 Å². The molecule has 0 saturated carbocycles. The minimum atomic E-state index is -4.30. The molecule has 118 valence electrons. The first kappa shape index (κ1) is 18.2. The molecule has 4 nitrogen and oxygen atoms in total. The summed E-state index contributed by atoms with van der Waals surface area (Å²) in [4.78, 5) is 12.9. The molecule has 0 heterocycles. The van der Waals surface area contributed by atoms with Crippen LogP contribution in [0, 0.1) is 11.2 Å². The van der Waals surface area contributed by atoms with Crippen LogP contribution in [0.15, 0.2) is 17.0 Å². The van der Waals surface area contributed by atoms with Crippen LogP contribution in [-0.2, 0) is 9.05 Å². The van der Waals surface area contributed by atoms with Crippen LogP contribution in [-0.4, -0.2) is 32.8 Å². The molecule has 1 aromatic carbocycles. The van der Waals surface area contributed by atoms with Crippen molar-refractivity contribution in [3.05, 3.63) is 28.5 Å². The number of hydrogen-bond acceptors (Lipinski definition) is 3. The Morgan fingerprint density at radius 3 is 2.29 bits per heavy atom. The molecule has 1 aromatic rings. The molecular formula is C13H16Cl2FNO3S. The highest BCUT2D eigenvalue weighted by molar-refractivity contribution is 8.13. The van der Waals surface area contributed by atoms with Crippen molar-refractivity contribution in [3.63, 3.8) is 0 Å². The second-order valence-electron chi connectivity index (χ2n) is 5.92. The van der Waals surface area contributed by atoms with Crippen LogP contribution in [0.25, 0.3) is 0 Å². The number of hydrogen-bond donors (Lipinski definition) is 0. The average molecular weight is 356 g/mol. The lowest BCUT2D eigenvalue weighted by molar-refractivity contribution is 0.0745. The van der Waals surface area contributed by atoms with E-state index in [0.717, 1.165) is 12.1 Å². The standard InChI is InChI=1S/C13H16Cl2FNO3S/c1-13(2,3)7-17(4)12(18)8-5-11(21(15,19)20)10(16)6-9(8)14/h5-6H,7H2,1-4H3. The summed E-state index contributed by atoms with van der Waals surface area (Å²) in [6.07, 6.45) is 0. The summed E-state index contributed by atoms with van der Waals surface area (Å²) in [5, 5.41) is -0.165. The van der Waals surface area contributed by atoms with E-state index in [1.165, 1.54) is 4.90 Å². The first-order valence-corrected chi connectivity index (χ1v) is 8.71. The van der Waals surface area contributed by atoms with Gasteiger partial charge in [0.25, 0.3) is 15.0 Å². The third-order valence-electron chi connectivity index (χ3n) is 2.57. The third-order valence-corrected chi connectivity index (χ3v) is 4.22. The molecule has 0 N–H and O–H groups in total. The maximum atomic E-state index is 13.6. The summed E-state index contributed by atoms with van der Waals surface area (Å²) < 4.78 is 36.2. The Hall–Kier alpha value is -0.850. The van der Waals surface area contributed by atoms with Gasteiger partial charge in [-0.3, -0.25) is 4.79 Å². The van der Waals surface area contributed by atoms with E-state index < -0.39 is 25.7 Å². The Balaban J connectivity index is 3.28. The molecule has 1 rings (SSSR count). The second-order valence-corrected chi connectivity index (χ2v) is 8.86. The summed E-state index contributed by atoms with van der Waals surface area (Å²) in [5.41, 5.74) is -0.262. The van der Waals surface area contributed by atoms with Gasteiger partial charge in [0.1, 0.15) is 10.7 Å². The van der Waals surface area contributed by atoms with Gasteiger partial charge in [0, 0.05) is 24.3 Å². The highest BCUT2D eigenvalue weighted by atomic mass is 35.7. The highest BCUT2D eigenvalue weighted by Gasteiger charge is 2.25. The average Bonchev–Trinajstić information content (AvgIpc) is 2.23. The van der Waals surface area contributed by atoms with E-state index in [9.17, 15) is 17.6 Å². The van der Waals surface area contributed by atoms with Gasteiger partial charge in [-0.2, -0.15) is 0 Å².